The third-order valence-corrected chi connectivity index (χ3v) is 5.15. The van der Waals surface area contributed by atoms with Gasteiger partial charge in [-0.2, -0.15) is 0 Å². The molecular formula is C18H26IN5OS. The van der Waals surface area contributed by atoms with Gasteiger partial charge in [0.1, 0.15) is 12.4 Å². The summed E-state index contributed by atoms with van der Waals surface area (Å²) in [4.78, 5) is 13.3. The summed E-state index contributed by atoms with van der Waals surface area (Å²) < 4.78 is 5.88. The maximum Gasteiger partial charge on any atom is 0.191 e. The summed E-state index contributed by atoms with van der Waals surface area (Å²) in [6, 6.07) is 6.16. The highest BCUT2D eigenvalue weighted by atomic mass is 127. The maximum absolute atomic E-state index is 6.14. The van der Waals surface area contributed by atoms with Crippen molar-refractivity contribution in [3.8, 4) is 5.75 Å². The number of ether oxygens (including phenoxy) is 1. The largest absolute Gasteiger partial charge is 0.491 e. The van der Waals surface area contributed by atoms with Crippen molar-refractivity contribution in [2.45, 2.75) is 13.8 Å². The van der Waals surface area contributed by atoms with Gasteiger partial charge in [0.05, 0.1) is 6.54 Å². The standard InChI is InChI=1S/C18H25N5OS.HI/c1-14-4-3-5-15(2)16(14)24-12-6-20-17(19)22-8-10-23(11-9-22)18-21-7-13-25-18;/h3-5,7,13H,6,8-12H2,1-2H3,(H2,19,20);1H. The minimum Gasteiger partial charge on any atom is -0.491 e. The average Bonchev–Trinajstić information content (AvgIpc) is 3.15. The van der Waals surface area contributed by atoms with E-state index in [0.717, 1.165) is 48.2 Å². The van der Waals surface area contributed by atoms with Crippen molar-refractivity contribution in [3.63, 3.8) is 0 Å². The van der Waals surface area contributed by atoms with E-state index >= 15 is 0 Å². The summed E-state index contributed by atoms with van der Waals surface area (Å²) in [7, 11) is 0. The Morgan fingerprint density at radius 1 is 1.23 bits per heavy atom. The molecule has 26 heavy (non-hydrogen) atoms. The van der Waals surface area contributed by atoms with Gasteiger partial charge >= 0.3 is 0 Å². The number of thiazole rings is 1. The number of aromatic nitrogens is 1. The van der Waals surface area contributed by atoms with Gasteiger partial charge in [-0.1, -0.05) is 18.2 Å². The number of guanidine groups is 1. The molecule has 0 spiro atoms. The summed E-state index contributed by atoms with van der Waals surface area (Å²) in [5.74, 6) is 1.55. The Hall–Kier alpha value is -1.55. The van der Waals surface area contributed by atoms with E-state index in [1.165, 1.54) is 0 Å². The fourth-order valence-corrected chi connectivity index (χ4v) is 3.63. The summed E-state index contributed by atoms with van der Waals surface area (Å²) in [5, 5.41) is 3.09. The fraction of sp³-hybridized carbons (Fsp3) is 0.444. The molecule has 0 atom stereocenters. The predicted octanol–water partition coefficient (Wildman–Crippen LogP) is 2.89. The smallest absolute Gasteiger partial charge is 0.191 e. The number of nitrogens with zero attached hydrogens (tertiary/aromatic N) is 4. The van der Waals surface area contributed by atoms with E-state index in [1.54, 1.807) is 11.3 Å². The summed E-state index contributed by atoms with van der Waals surface area (Å²) in [6.45, 7) is 8.78. The van der Waals surface area contributed by atoms with Crippen LogP contribution in [0.15, 0.2) is 34.8 Å². The Labute approximate surface area is 176 Å². The zero-order chi connectivity index (χ0) is 17.6. The van der Waals surface area contributed by atoms with Crippen LogP contribution in [0.25, 0.3) is 0 Å². The quantitative estimate of drug-likeness (QED) is 0.304. The summed E-state index contributed by atoms with van der Waals surface area (Å²) in [6.07, 6.45) is 1.85. The van der Waals surface area contributed by atoms with E-state index in [-0.39, 0.29) is 24.0 Å². The number of anilines is 1. The Bertz CT molecular complexity index is 694. The molecule has 1 aliphatic heterocycles. The van der Waals surface area contributed by atoms with Crippen LogP contribution in [0.4, 0.5) is 5.13 Å². The molecule has 1 aromatic heterocycles. The van der Waals surface area contributed by atoms with Crippen LogP contribution in [-0.2, 0) is 0 Å². The highest BCUT2D eigenvalue weighted by molar-refractivity contribution is 14.0. The monoisotopic (exact) mass is 487 g/mol. The first-order valence-electron chi connectivity index (χ1n) is 8.53. The van der Waals surface area contributed by atoms with Gasteiger partial charge < -0.3 is 20.3 Å². The van der Waals surface area contributed by atoms with Gasteiger partial charge in [0.2, 0.25) is 0 Å². The van der Waals surface area contributed by atoms with Crippen molar-refractivity contribution in [1.82, 2.24) is 9.88 Å². The van der Waals surface area contributed by atoms with Crippen molar-refractivity contribution in [3.05, 3.63) is 40.9 Å². The lowest BCUT2D eigenvalue weighted by Gasteiger charge is -2.35. The molecule has 0 unspecified atom stereocenters. The lowest BCUT2D eigenvalue weighted by Crippen LogP contribution is -2.51. The van der Waals surface area contributed by atoms with E-state index in [4.69, 9.17) is 10.5 Å². The molecule has 8 heteroatoms. The Morgan fingerprint density at radius 2 is 1.92 bits per heavy atom. The molecule has 0 amide bonds. The van der Waals surface area contributed by atoms with E-state index in [2.05, 4.69) is 45.8 Å². The molecule has 0 bridgehead atoms. The first-order chi connectivity index (χ1) is 12.1. The highest BCUT2D eigenvalue weighted by Crippen LogP contribution is 2.22. The molecule has 0 radical (unpaired) electrons. The van der Waals surface area contributed by atoms with Crippen LogP contribution in [0.2, 0.25) is 0 Å². The molecular weight excluding hydrogens is 461 g/mol. The zero-order valence-electron chi connectivity index (χ0n) is 15.2. The fourth-order valence-electron chi connectivity index (χ4n) is 2.93. The van der Waals surface area contributed by atoms with Crippen molar-refractivity contribution < 1.29 is 4.74 Å². The molecule has 2 aromatic rings. The number of para-hydroxylation sites is 1. The minimum atomic E-state index is 0. The van der Waals surface area contributed by atoms with Crippen LogP contribution in [0.1, 0.15) is 11.1 Å². The Balaban J connectivity index is 0.00000243. The number of hydrogen-bond acceptors (Lipinski definition) is 5. The molecule has 3 rings (SSSR count). The molecule has 0 aliphatic carbocycles. The minimum absolute atomic E-state index is 0. The molecule has 0 saturated carbocycles. The van der Waals surface area contributed by atoms with Crippen molar-refractivity contribution in [2.75, 3.05) is 44.2 Å². The number of aliphatic imine (C=N–C) groups is 1. The van der Waals surface area contributed by atoms with E-state index in [9.17, 15) is 0 Å². The molecule has 142 valence electrons. The van der Waals surface area contributed by atoms with Gasteiger partial charge in [0.15, 0.2) is 11.1 Å². The molecule has 1 aliphatic rings. The van der Waals surface area contributed by atoms with Crippen molar-refractivity contribution in [2.24, 2.45) is 10.7 Å². The first-order valence-corrected chi connectivity index (χ1v) is 9.41. The van der Waals surface area contributed by atoms with Crippen LogP contribution in [-0.4, -0.2) is 55.2 Å². The first kappa shape index (κ1) is 20.8. The number of piperazine rings is 1. The average molecular weight is 487 g/mol. The molecule has 6 nitrogen and oxygen atoms in total. The summed E-state index contributed by atoms with van der Waals surface area (Å²) in [5.41, 5.74) is 8.44. The topological polar surface area (TPSA) is 67.0 Å². The number of benzene rings is 1. The van der Waals surface area contributed by atoms with Crippen LogP contribution in [0.3, 0.4) is 0 Å². The second-order valence-corrected chi connectivity index (χ2v) is 6.97. The SMILES string of the molecule is Cc1cccc(C)c1OCCN=C(N)N1CCN(c2nccs2)CC1.I. The maximum atomic E-state index is 6.14. The second kappa shape index (κ2) is 9.96. The van der Waals surface area contributed by atoms with Crippen LogP contribution >= 0.6 is 35.3 Å². The van der Waals surface area contributed by atoms with Gasteiger partial charge in [0.25, 0.3) is 0 Å². The molecule has 2 heterocycles. The highest BCUT2D eigenvalue weighted by Gasteiger charge is 2.19. The van der Waals surface area contributed by atoms with Gasteiger partial charge in [-0.05, 0) is 25.0 Å². The van der Waals surface area contributed by atoms with Gasteiger partial charge in [-0.15, -0.1) is 35.3 Å². The van der Waals surface area contributed by atoms with Crippen molar-refractivity contribution in [1.29, 1.82) is 0 Å². The second-order valence-electron chi connectivity index (χ2n) is 6.10. The van der Waals surface area contributed by atoms with Crippen molar-refractivity contribution >= 4 is 46.4 Å². The number of aryl methyl sites for hydroxylation is 2. The lowest BCUT2D eigenvalue weighted by atomic mass is 10.1. The third kappa shape index (κ3) is 5.23. The number of nitrogens with two attached hydrogens (primary N) is 1. The lowest BCUT2D eigenvalue weighted by molar-refractivity contribution is 0.322. The molecule has 1 aromatic carbocycles. The summed E-state index contributed by atoms with van der Waals surface area (Å²) >= 11 is 1.67. The Kier molecular flexibility index (Phi) is 7.95. The number of hydrogen-bond donors (Lipinski definition) is 1. The molecule has 1 fully saturated rings. The van der Waals surface area contributed by atoms with Crippen LogP contribution in [0, 0.1) is 13.8 Å². The predicted molar refractivity (Wildman–Crippen MR) is 119 cm³/mol. The molecule has 2 N–H and O–H groups in total. The van der Waals surface area contributed by atoms with Gasteiger partial charge in [-0.25, -0.2) is 9.98 Å². The normalized spacial score (nSPS) is 14.9. The number of halogens is 1. The van der Waals surface area contributed by atoms with Crippen LogP contribution in [0.5, 0.6) is 5.75 Å². The van der Waals surface area contributed by atoms with Gasteiger partial charge in [-0.3, -0.25) is 0 Å². The van der Waals surface area contributed by atoms with Crippen LogP contribution < -0.4 is 15.4 Å². The van der Waals surface area contributed by atoms with E-state index in [1.807, 2.05) is 17.6 Å². The Morgan fingerprint density at radius 3 is 2.54 bits per heavy atom. The van der Waals surface area contributed by atoms with E-state index in [0.29, 0.717) is 19.1 Å². The zero-order valence-corrected chi connectivity index (χ0v) is 18.4. The number of rotatable bonds is 5. The molecule has 1 saturated heterocycles. The van der Waals surface area contributed by atoms with Gasteiger partial charge in [0, 0.05) is 37.8 Å². The third-order valence-electron chi connectivity index (χ3n) is 4.31. The van der Waals surface area contributed by atoms with E-state index < -0.39 is 0 Å².